The summed E-state index contributed by atoms with van der Waals surface area (Å²) in [4.78, 5) is 27.4. The van der Waals surface area contributed by atoms with Crippen LogP contribution in [0, 0.1) is 0 Å². The lowest BCUT2D eigenvalue weighted by atomic mass is 9.73. The van der Waals surface area contributed by atoms with Gasteiger partial charge in [-0.15, -0.1) is 0 Å². The van der Waals surface area contributed by atoms with E-state index in [0.717, 1.165) is 0 Å². The van der Waals surface area contributed by atoms with E-state index in [9.17, 15) is 22.8 Å². The molecule has 0 unspecified atom stereocenters. The van der Waals surface area contributed by atoms with Gasteiger partial charge >= 0.3 is 6.18 Å². The van der Waals surface area contributed by atoms with Crippen LogP contribution in [0.2, 0.25) is 0 Å². The molecule has 2 aromatic rings. The minimum absolute atomic E-state index is 0.309. The van der Waals surface area contributed by atoms with Crippen LogP contribution in [0.5, 0.6) is 0 Å². The van der Waals surface area contributed by atoms with E-state index in [1.165, 1.54) is 67.6 Å². The second-order valence-corrected chi connectivity index (χ2v) is 5.62. The van der Waals surface area contributed by atoms with Crippen molar-refractivity contribution in [2.24, 2.45) is 9.98 Å². The summed E-state index contributed by atoms with van der Waals surface area (Å²) in [6.45, 7) is 1.48. The molecule has 0 aliphatic heterocycles. The fourth-order valence-electron chi connectivity index (χ4n) is 2.68. The van der Waals surface area contributed by atoms with E-state index in [1.807, 2.05) is 0 Å². The Morgan fingerprint density at radius 3 is 1.44 bits per heavy atom. The summed E-state index contributed by atoms with van der Waals surface area (Å²) in [7, 11) is 0. The number of benzene rings is 2. The number of halogens is 3. The molecular weight excluding hydrogens is 333 g/mol. The first-order valence-electron chi connectivity index (χ1n) is 7.22. The van der Waals surface area contributed by atoms with Crippen LogP contribution in [0.4, 0.5) is 24.5 Å². The highest BCUT2D eigenvalue weighted by atomic mass is 19.4. The van der Waals surface area contributed by atoms with E-state index in [4.69, 9.17) is 0 Å². The third-order valence-electron chi connectivity index (χ3n) is 3.91. The lowest BCUT2D eigenvalue weighted by Gasteiger charge is -2.32. The monoisotopic (exact) mass is 346 g/mol. The predicted octanol–water partition coefficient (Wildman–Crippen LogP) is 4.88. The smallest absolute Gasteiger partial charge is 0.211 e. The van der Waals surface area contributed by atoms with Gasteiger partial charge in [0.15, 0.2) is 0 Å². The van der Waals surface area contributed by atoms with Gasteiger partial charge in [0, 0.05) is 5.41 Å². The number of carbonyl (C=O) groups excluding carboxylic acids is 2. The highest BCUT2D eigenvalue weighted by molar-refractivity contribution is 5.53. The Morgan fingerprint density at radius 2 is 1.16 bits per heavy atom. The number of nitrogens with zero attached hydrogens (tertiary/aromatic N) is 2. The Morgan fingerprint density at radius 1 is 0.800 bits per heavy atom. The Hall–Kier alpha value is -3.01. The Balaban J connectivity index is 2.52. The molecule has 0 heterocycles. The van der Waals surface area contributed by atoms with Gasteiger partial charge in [-0.2, -0.15) is 23.2 Å². The molecule has 0 saturated carbocycles. The highest BCUT2D eigenvalue weighted by Gasteiger charge is 2.41. The topological polar surface area (TPSA) is 58.9 Å². The lowest BCUT2D eigenvalue weighted by molar-refractivity contribution is -0.144. The highest BCUT2D eigenvalue weighted by Crippen LogP contribution is 2.42. The fourth-order valence-corrected chi connectivity index (χ4v) is 2.68. The van der Waals surface area contributed by atoms with Crippen molar-refractivity contribution < 1.29 is 22.8 Å². The van der Waals surface area contributed by atoms with Gasteiger partial charge in [0.2, 0.25) is 12.2 Å². The van der Waals surface area contributed by atoms with E-state index < -0.39 is 18.0 Å². The van der Waals surface area contributed by atoms with Crippen LogP contribution >= 0.6 is 0 Å². The zero-order valence-electron chi connectivity index (χ0n) is 13.2. The van der Waals surface area contributed by atoms with E-state index in [0.29, 0.717) is 22.5 Å². The summed E-state index contributed by atoms with van der Waals surface area (Å²) in [5.74, 6) is 0. The average Bonchev–Trinajstić information content (AvgIpc) is 2.55. The maximum Gasteiger partial charge on any atom is 0.390 e. The van der Waals surface area contributed by atoms with Crippen molar-refractivity contribution in [3.8, 4) is 0 Å². The number of alkyl halides is 3. The van der Waals surface area contributed by atoms with E-state index in [-0.39, 0.29) is 0 Å². The summed E-state index contributed by atoms with van der Waals surface area (Å²) in [6.07, 6.45) is -2.70. The van der Waals surface area contributed by atoms with Crippen LogP contribution in [-0.4, -0.2) is 18.3 Å². The Kier molecular flexibility index (Phi) is 5.32. The minimum Gasteiger partial charge on any atom is -0.211 e. The maximum atomic E-state index is 13.2. The molecular formula is C18H13F3N2O2. The summed E-state index contributed by atoms with van der Waals surface area (Å²) in [5.41, 5.74) is 0.0978. The van der Waals surface area contributed by atoms with Gasteiger partial charge in [0.05, 0.1) is 17.8 Å². The molecule has 128 valence electrons. The number of aliphatic imine (C=N–C) groups is 2. The summed E-state index contributed by atoms with van der Waals surface area (Å²) < 4.78 is 39.5. The molecule has 0 N–H and O–H groups in total. The van der Waals surface area contributed by atoms with Crippen molar-refractivity contribution in [3.05, 3.63) is 59.7 Å². The molecule has 2 rings (SSSR count). The van der Waals surface area contributed by atoms with Crippen LogP contribution in [0.15, 0.2) is 58.5 Å². The first-order chi connectivity index (χ1) is 11.8. The van der Waals surface area contributed by atoms with E-state index in [1.54, 1.807) is 0 Å². The molecule has 0 fully saturated rings. The molecule has 0 radical (unpaired) electrons. The Labute approximate surface area is 141 Å². The fraction of sp³-hybridized carbons (Fsp3) is 0.222. The van der Waals surface area contributed by atoms with Crippen LogP contribution in [0.25, 0.3) is 0 Å². The van der Waals surface area contributed by atoms with Gasteiger partial charge in [0.1, 0.15) is 0 Å². The normalized spacial score (nSPS) is 13.3. The first-order valence-corrected chi connectivity index (χ1v) is 7.22. The Bertz CT molecular complexity index is 769. The molecule has 0 aromatic heterocycles. The number of rotatable bonds is 5. The third-order valence-corrected chi connectivity index (χ3v) is 3.91. The van der Waals surface area contributed by atoms with Gasteiger partial charge in [-0.1, -0.05) is 31.2 Å². The van der Waals surface area contributed by atoms with Crippen molar-refractivity contribution in [1.29, 1.82) is 0 Å². The van der Waals surface area contributed by atoms with Crippen LogP contribution in [-0.2, 0) is 15.0 Å². The van der Waals surface area contributed by atoms with Crippen LogP contribution in [0.1, 0.15) is 24.5 Å². The van der Waals surface area contributed by atoms with Gasteiger partial charge in [0.25, 0.3) is 0 Å². The molecule has 4 nitrogen and oxygen atoms in total. The summed E-state index contributed by atoms with van der Waals surface area (Å²) >= 11 is 0. The largest absolute Gasteiger partial charge is 0.390 e. The molecule has 0 bridgehead atoms. The van der Waals surface area contributed by atoms with Crippen LogP contribution < -0.4 is 0 Å². The summed E-state index contributed by atoms with van der Waals surface area (Å²) in [5, 5.41) is 0. The number of hydrogen-bond acceptors (Lipinski definition) is 4. The number of hydrogen-bond donors (Lipinski definition) is 0. The molecule has 25 heavy (non-hydrogen) atoms. The average molecular weight is 346 g/mol. The van der Waals surface area contributed by atoms with Crippen LogP contribution in [0.3, 0.4) is 0 Å². The molecule has 0 atom stereocenters. The molecule has 0 saturated heterocycles. The third kappa shape index (κ3) is 4.51. The van der Waals surface area contributed by atoms with E-state index in [2.05, 4.69) is 9.98 Å². The van der Waals surface area contributed by atoms with Gasteiger partial charge in [-0.25, -0.2) is 9.59 Å². The molecule has 7 heteroatoms. The molecule has 2 aromatic carbocycles. The van der Waals surface area contributed by atoms with Crippen molar-refractivity contribution in [2.45, 2.75) is 24.9 Å². The summed E-state index contributed by atoms with van der Waals surface area (Å²) in [6, 6.07) is 11.8. The van der Waals surface area contributed by atoms with Gasteiger partial charge in [-0.3, -0.25) is 0 Å². The van der Waals surface area contributed by atoms with E-state index >= 15 is 0 Å². The second kappa shape index (κ2) is 7.26. The van der Waals surface area contributed by atoms with Gasteiger partial charge < -0.3 is 0 Å². The van der Waals surface area contributed by atoms with Crippen molar-refractivity contribution in [1.82, 2.24) is 0 Å². The molecule has 0 aliphatic carbocycles. The lowest BCUT2D eigenvalue weighted by Crippen LogP contribution is -2.30. The van der Waals surface area contributed by atoms with Crippen molar-refractivity contribution in [2.75, 3.05) is 0 Å². The van der Waals surface area contributed by atoms with Gasteiger partial charge in [-0.05, 0) is 35.4 Å². The number of isocyanates is 2. The minimum atomic E-state index is -4.39. The molecule has 0 amide bonds. The first kappa shape index (κ1) is 18.3. The second-order valence-electron chi connectivity index (χ2n) is 5.62. The predicted molar refractivity (Wildman–Crippen MR) is 85.6 cm³/mol. The molecule has 0 aliphatic rings. The molecule has 0 spiro atoms. The SMILES string of the molecule is CC(CC(F)(F)F)(c1ccc(N=C=O)cc1)c1ccc(N=C=O)cc1. The quantitative estimate of drug-likeness (QED) is 0.572. The standard InChI is InChI=1S/C18H13F3N2O2/c1-17(10-18(19,20)21,13-2-6-15(7-3-13)22-11-24)14-4-8-16(9-5-14)23-12-25/h2-9H,10H2,1H3. The zero-order valence-corrected chi connectivity index (χ0v) is 13.2. The van der Waals surface area contributed by atoms with Crippen molar-refractivity contribution >= 4 is 23.5 Å². The zero-order chi connectivity index (χ0) is 18.5. The van der Waals surface area contributed by atoms with Crippen molar-refractivity contribution in [3.63, 3.8) is 0 Å². The maximum absolute atomic E-state index is 13.2.